The number of aromatic nitrogens is 2. The van der Waals surface area contributed by atoms with Crippen LogP contribution in [0.3, 0.4) is 0 Å². The SMILES string of the molecule is C=C(c1ccccn1)c1nccs1. The molecule has 2 nitrogen and oxygen atoms in total. The first-order valence-corrected chi connectivity index (χ1v) is 4.76. The highest BCUT2D eigenvalue weighted by atomic mass is 32.1. The smallest absolute Gasteiger partial charge is 0.124 e. The molecule has 0 aromatic carbocycles. The van der Waals surface area contributed by atoms with E-state index in [1.165, 1.54) is 0 Å². The molecule has 0 aliphatic heterocycles. The van der Waals surface area contributed by atoms with Crippen molar-refractivity contribution in [3.05, 3.63) is 53.3 Å². The molecular formula is C10H8N2S. The van der Waals surface area contributed by atoms with Crippen molar-refractivity contribution in [1.82, 2.24) is 9.97 Å². The van der Waals surface area contributed by atoms with E-state index in [0.717, 1.165) is 16.3 Å². The zero-order chi connectivity index (χ0) is 9.10. The lowest BCUT2D eigenvalue weighted by Crippen LogP contribution is -1.87. The molecule has 0 atom stereocenters. The highest BCUT2D eigenvalue weighted by molar-refractivity contribution is 7.10. The van der Waals surface area contributed by atoms with Gasteiger partial charge in [-0.3, -0.25) is 4.98 Å². The zero-order valence-corrected chi connectivity index (χ0v) is 7.79. The topological polar surface area (TPSA) is 25.8 Å². The summed E-state index contributed by atoms with van der Waals surface area (Å²) in [6.45, 7) is 3.95. The third-order valence-electron chi connectivity index (χ3n) is 1.66. The van der Waals surface area contributed by atoms with Crippen LogP contribution in [0.4, 0.5) is 0 Å². The Balaban J connectivity index is 2.34. The molecule has 0 saturated carbocycles. The summed E-state index contributed by atoms with van der Waals surface area (Å²) in [6, 6.07) is 5.77. The van der Waals surface area contributed by atoms with E-state index in [1.807, 2.05) is 23.6 Å². The van der Waals surface area contributed by atoms with Gasteiger partial charge in [-0.1, -0.05) is 12.6 Å². The summed E-state index contributed by atoms with van der Waals surface area (Å²) >= 11 is 1.58. The number of thiazole rings is 1. The highest BCUT2D eigenvalue weighted by Crippen LogP contribution is 2.20. The first kappa shape index (κ1) is 8.13. The van der Waals surface area contributed by atoms with Crippen LogP contribution in [0, 0.1) is 0 Å². The van der Waals surface area contributed by atoms with Crippen LogP contribution < -0.4 is 0 Å². The molecule has 0 fully saturated rings. The molecular weight excluding hydrogens is 180 g/mol. The molecule has 2 aromatic heterocycles. The molecule has 0 unspecified atom stereocenters. The number of rotatable bonds is 2. The van der Waals surface area contributed by atoms with Gasteiger partial charge in [-0.05, 0) is 12.1 Å². The second-order valence-electron chi connectivity index (χ2n) is 2.53. The van der Waals surface area contributed by atoms with Crippen LogP contribution in [-0.4, -0.2) is 9.97 Å². The van der Waals surface area contributed by atoms with Gasteiger partial charge in [0.1, 0.15) is 5.01 Å². The third-order valence-corrected chi connectivity index (χ3v) is 2.50. The van der Waals surface area contributed by atoms with Crippen LogP contribution >= 0.6 is 11.3 Å². The van der Waals surface area contributed by atoms with E-state index < -0.39 is 0 Å². The Bertz CT molecular complexity index is 392. The van der Waals surface area contributed by atoms with Gasteiger partial charge in [-0.25, -0.2) is 4.98 Å². The summed E-state index contributed by atoms with van der Waals surface area (Å²) in [4.78, 5) is 8.37. The summed E-state index contributed by atoms with van der Waals surface area (Å²) in [6.07, 6.45) is 3.53. The summed E-state index contributed by atoms with van der Waals surface area (Å²) in [5, 5.41) is 2.86. The quantitative estimate of drug-likeness (QED) is 0.724. The Kier molecular flexibility index (Phi) is 2.19. The second kappa shape index (κ2) is 3.49. The van der Waals surface area contributed by atoms with Crippen LogP contribution in [0.2, 0.25) is 0 Å². The van der Waals surface area contributed by atoms with E-state index in [1.54, 1.807) is 23.7 Å². The fourth-order valence-electron chi connectivity index (χ4n) is 1.02. The molecule has 64 valence electrons. The maximum Gasteiger partial charge on any atom is 0.124 e. The minimum Gasteiger partial charge on any atom is -0.256 e. The van der Waals surface area contributed by atoms with Crippen LogP contribution in [0.1, 0.15) is 10.7 Å². The Morgan fingerprint density at radius 1 is 1.23 bits per heavy atom. The standard InChI is InChI=1S/C10H8N2S/c1-8(10-12-6-7-13-10)9-4-2-3-5-11-9/h2-7H,1H2. The third kappa shape index (κ3) is 1.65. The molecule has 0 bridgehead atoms. The predicted octanol–water partition coefficient (Wildman–Crippen LogP) is 2.60. The summed E-state index contributed by atoms with van der Waals surface area (Å²) < 4.78 is 0. The summed E-state index contributed by atoms with van der Waals surface area (Å²) in [5.74, 6) is 0. The van der Waals surface area contributed by atoms with E-state index in [9.17, 15) is 0 Å². The summed E-state index contributed by atoms with van der Waals surface area (Å²) in [5.41, 5.74) is 1.77. The molecule has 0 N–H and O–H groups in total. The Labute approximate surface area is 80.6 Å². The zero-order valence-electron chi connectivity index (χ0n) is 6.97. The average Bonchev–Trinajstić information content (AvgIpc) is 2.71. The van der Waals surface area contributed by atoms with E-state index in [2.05, 4.69) is 16.5 Å². The normalized spacial score (nSPS) is 9.85. The predicted molar refractivity (Wildman–Crippen MR) is 54.5 cm³/mol. The maximum atomic E-state index is 4.20. The first-order valence-electron chi connectivity index (χ1n) is 3.88. The van der Waals surface area contributed by atoms with Crippen LogP contribution in [0.5, 0.6) is 0 Å². The fraction of sp³-hybridized carbons (Fsp3) is 0. The minimum atomic E-state index is 0.885. The number of pyridine rings is 1. The number of nitrogens with zero attached hydrogens (tertiary/aromatic N) is 2. The van der Waals surface area contributed by atoms with E-state index >= 15 is 0 Å². The van der Waals surface area contributed by atoms with Gasteiger partial charge in [-0.15, -0.1) is 11.3 Å². The second-order valence-corrected chi connectivity index (χ2v) is 3.43. The van der Waals surface area contributed by atoms with Crippen molar-refractivity contribution in [2.24, 2.45) is 0 Å². The Morgan fingerprint density at radius 2 is 2.15 bits per heavy atom. The number of hydrogen-bond acceptors (Lipinski definition) is 3. The van der Waals surface area contributed by atoms with Crippen molar-refractivity contribution < 1.29 is 0 Å². The van der Waals surface area contributed by atoms with E-state index in [0.29, 0.717) is 0 Å². The Hall–Kier alpha value is -1.48. The summed E-state index contributed by atoms with van der Waals surface area (Å²) in [7, 11) is 0. The molecule has 0 amide bonds. The molecule has 0 aliphatic carbocycles. The molecule has 0 aliphatic rings. The number of hydrogen-bond donors (Lipinski definition) is 0. The lowest BCUT2D eigenvalue weighted by Gasteiger charge is -1.99. The van der Waals surface area contributed by atoms with Crippen molar-refractivity contribution in [3.8, 4) is 0 Å². The molecule has 3 heteroatoms. The van der Waals surface area contributed by atoms with Gasteiger partial charge in [0.25, 0.3) is 0 Å². The molecule has 13 heavy (non-hydrogen) atoms. The van der Waals surface area contributed by atoms with E-state index in [-0.39, 0.29) is 0 Å². The molecule has 0 saturated heterocycles. The lowest BCUT2D eigenvalue weighted by molar-refractivity contribution is 1.26. The van der Waals surface area contributed by atoms with Crippen molar-refractivity contribution in [1.29, 1.82) is 0 Å². The average molecular weight is 188 g/mol. The van der Waals surface area contributed by atoms with Crippen LogP contribution in [-0.2, 0) is 0 Å². The van der Waals surface area contributed by atoms with Crippen molar-refractivity contribution in [2.45, 2.75) is 0 Å². The fourth-order valence-corrected chi connectivity index (χ4v) is 1.64. The van der Waals surface area contributed by atoms with Crippen LogP contribution in [0.15, 0.2) is 42.6 Å². The maximum absolute atomic E-state index is 4.20. The lowest BCUT2D eigenvalue weighted by atomic mass is 10.2. The van der Waals surface area contributed by atoms with Gasteiger partial charge in [0.2, 0.25) is 0 Å². The van der Waals surface area contributed by atoms with Gasteiger partial charge in [0.15, 0.2) is 0 Å². The molecule has 2 aromatic rings. The van der Waals surface area contributed by atoms with Crippen molar-refractivity contribution in [3.63, 3.8) is 0 Å². The first-order chi connectivity index (χ1) is 6.38. The van der Waals surface area contributed by atoms with Gasteiger partial charge in [0.05, 0.1) is 5.69 Å². The van der Waals surface area contributed by atoms with Gasteiger partial charge < -0.3 is 0 Å². The molecule has 0 radical (unpaired) electrons. The largest absolute Gasteiger partial charge is 0.256 e. The highest BCUT2D eigenvalue weighted by Gasteiger charge is 2.04. The Morgan fingerprint density at radius 3 is 2.77 bits per heavy atom. The monoisotopic (exact) mass is 188 g/mol. The van der Waals surface area contributed by atoms with Crippen LogP contribution in [0.25, 0.3) is 5.57 Å². The molecule has 0 spiro atoms. The molecule has 2 rings (SSSR count). The van der Waals surface area contributed by atoms with Gasteiger partial charge >= 0.3 is 0 Å². The van der Waals surface area contributed by atoms with Gasteiger partial charge in [-0.2, -0.15) is 0 Å². The van der Waals surface area contributed by atoms with E-state index in [4.69, 9.17) is 0 Å². The minimum absolute atomic E-state index is 0.885. The van der Waals surface area contributed by atoms with Gasteiger partial charge in [0, 0.05) is 23.3 Å². The van der Waals surface area contributed by atoms with Crippen molar-refractivity contribution >= 4 is 16.9 Å². The van der Waals surface area contributed by atoms with Crippen molar-refractivity contribution in [2.75, 3.05) is 0 Å². The molecule has 2 heterocycles.